The van der Waals surface area contributed by atoms with Crippen molar-refractivity contribution in [3.63, 3.8) is 0 Å². The zero-order valence-corrected chi connectivity index (χ0v) is 15.6. The minimum absolute atomic E-state index is 0.192. The predicted octanol–water partition coefficient (Wildman–Crippen LogP) is 3.72. The zero-order valence-electron chi connectivity index (χ0n) is 14.0. The number of carbonyl (C=O) groups excluding carboxylic acids is 1. The van der Waals surface area contributed by atoms with E-state index in [0.717, 1.165) is 22.9 Å². The maximum Gasteiger partial charge on any atom is 0.267 e. The number of aromatic nitrogens is 5. The molecule has 3 aromatic heterocycles. The van der Waals surface area contributed by atoms with Gasteiger partial charge in [-0.25, -0.2) is 4.68 Å². The first-order valence-electron chi connectivity index (χ1n) is 7.80. The van der Waals surface area contributed by atoms with Crippen LogP contribution in [0.4, 0.5) is 5.13 Å². The second-order valence-corrected chi connectivity index (χ2v) is 7.32. The molecule has 0 atom stereocenters. The Hall–Kier alpha value is -2.91. The monoisotopic (exact) mass is 382 g/mol. The van der Waals surface area contributed by atoms with Crippen LogP contribution in [-0.4, -0.2) is 30.3 Å². The number of carbonyl (C=O) groups is 1. The number of nitrogens with one attached hydrogen (secondary N) is 1. The Morgan fingerprint density at radius 2 is 1.96 bits per heavy atom. The van der Waals surface area contributed by atoms with Crippen molar-refractivity contribution in [2.75, 3.05) is 5.32 Å². The van der Waals surface area contributed by atoms with E-state index in [0.29, 0.717) is 21.5 Å². The summed E-state index contributed by atoms with van der Waals surface area (Å²) in [7, 11) is 0. The summed E-state index contributed by atoms with van der Waals surface area (Å²) in [6, 6.07) is 11.6. The lowest BCUT2D eigenvalue weighted by molar-refractivity contribution is 0.103. The summed E-state index contributed by atoms with van der Waals surface area (Å²) in [5.41, 5.74) is 3.54. The molecule has 130 valence electrons. The number of nitrogens with zero attached hydrogens (tertiary/aromatic N) is 5. The van der Waals surface area contributed by atoms with E-state index in [1.807, 2.05) is 49.6 Å². The Morgan fingerprint density at radius 3 is 2.69 bits per heavy atom. The fourth-order valence-electron chi connectivity index (χ4n) is 2.40. The molecule has 0 aliphatic heterocycles. The van der Waals surface area contributed by atoms with Crippen LogP contribution < -0.4 is 5.32 Å². The summed E-state index contributed by atoms with van der Waals surface area (Å²) >= 11 is 2.50. The molecule has 26 heavy (non-hydrogen) atoms. The van der Waals surface area contributed by atoms with Crippen molar-refractivity contribution in [2.24, 2.45) is 0 Å². The van der Waals surface area contributed by atoms with Gasteiger partial charge in [-0.1, -0.05) is 29.0 Å². The summed E-state index contributed by atoms with van der Waals surface area (Å²) in [4.78, 5) is 17.1. The number of amides is 1. The number of hydrogen-bond donors (Lipinski definition) is 1. The van der Waals surface area contributed by atoms with Crippen LogP contribution in [0.15, 0.2) is 41.8 Å². The van der Waals surface area contributed by atoms with E-state index in [2.05, 4.69) is 25.0 Å². The molecule has 9 heteroatoms. The van der Waals surface area contributed by atoms with Crippen molar-refractivity contribution in [3.05, 3.63) is 57.9 Å². The molecule has 1 aromatic carbocycles. The molecular formula is C17H14N6OS2. The molecule has 3 heterocycles. The highest BCUT2D eigenvalue weighted by molar-refractivity contribution is 7.12. The molecule has 0 radical (unpaired) electrons. The number of anilines is 1. The highest BCUT2D eigenvalue weighted by atomic mass is 32.1. The normalized spacial score (nSPS) is 10.8. The van der Waals surface area contributed by atoms with Crippen LogP contribution in [0.5, 0.6) is 0 Å². The second-order valence-electron chi connectivity index (χ2n) is 5.63. The van der Waals surface area contributed by atoms with Gasteiger partial charge in [0.25, 0.3) is 5.91 Å². The van der Waals surface area contributed by atoms with Gasteiger partial charge in [0.05, 0.1) is 16.3 Å². The first kappa shape index (κ1) is 16.6. The molecule has 0 fully saturated rings. The molecule has 0 spiro atoms. The Morgan fingerprint density at radius 1 is 1.15 bits per heavy atom. The maximum absolute atomic E-state index is 12.1. The van der Waals surface area contributed by atoms with E-state index in [1.165, 1.54) is 16.9 Å². The standard InChI is InChI=1S/C17H14N6OS2/c1-10-5-7-12(8-6-10)23-11(2)14(20-22-23)15-18-17(26-21-15)19-16(24)13-4-3-9-25-13/h3-9H,1-2H3,(H,18,19,21,24). The largest absolute Gasteiger partial charge is 0.296 e. The Balaban J connectivity index is 1.58. The third-order valence-electron chi connectivity index (χ3n) is 3.78. The van der Waals surface area contributed by atoms with Crippen LogP contribution in [-0.2, 0) is 0 Å². The number of hydrogen-bond acceptors (Lipinski definition) is 7. The highest BCUT2D eigenvalue weighted by Crippen LogP contribution is 2.24. The molecule has 0 unspecified atom stereocenters. The zero-order chi connectivity index (χ0) is 18.1. The quantitative estimate of drug-likeness (QED) is 0.581. The van der Waals surface area contributed by atoms with Crippen LogP contribution in [0.25, 0.3) is 17.2 Å². The van der Waals surface area contributed by atoms with Crippen molar-refractivity contribution in [3.8, 4) is 17.2 Å². The fraction of sp³-hybridized carbons (Fsp3) is 0.118. The summed E-state index contributed by atoms with van der Waals surface area (Å²) in [6.45, 7) is 3.95. The van der Waals surface area contributed by atoms with Crippen LogP contribution in [0.1, 0.15) is 20.9 Å². The van der Waals surface area contributed by atoms with Gasteiger partial charge in [0.1, 0.15) is 0 Å². The van der Waals surface area contributed by atoms with Gasteiger partial charge >= 0.3 is 0 Å². The lowest BCUT2D eigenvalue weighted by atomic mass is 10.2. The number of thiophene rings is 1. The van der Waals surface area contributed by atoms with Gasteiger partial charge in [-0.05, 0) is 37.4 Å². The van der Waals surface area contributed by atoms with Crippen LogP contribution in [0.3, 0.4) is 0 Å². The van der Waals surface area contributed by atoms with Crippen molar-refractivity contribution in [2.45, 2.75) is 13.8 Å². The number of aryl methyl sites for hydroxylation is 1. The third kappa shape index (κ3) is 3.14. The number of rotatable bonds is 4. The molecule has 0 saturated heterocycles. The summed E-state index contributed by atoms with van der Waals surface area (Å²) < 4.78 is 6.06. The van der Waals surface area contributed by atoms with Crippen LogP contribution >= 0.6 is 22.9 Å². The fourth-order valence-corrected chi connectivity index (χ4v) is 3.59. The summed E-state index contributed by atoms with van der Waals surface area (Å²) in [5.74, 6) is 0.259. The Bertz CT molecular complexity index is 1050. The van der Waals surface area contributed by atoms with Gasteiger partial charge in [0.15, 0.2) is 11.5 Å². The molecule has 4 rings (SSSR count). The van der Waals surface area contributed by atoms with Crippen molar-refractivity contribution < 1.29 is 4.79 Å². The number of benzene rings is 1. The van der Waals surface area contributed by atoms with E-state index in [9.17, 15) is 4.79 Å². The third-order valence-corrected chi connectivity index (χ3v) is 5.28. The van der Waals surface area contributed by atoms with E-state index < -0.39 is 0 Å². The predicted molar refractivity (Wildman–Crippen MR) is 102 cm³/mol. The first-order valence-corrected chi connectivity index (χ1v) is 9.45. The SMILES string of the molecule is Cc1ccc(-n2nnc(-c3nsc(NC(=O)c4cccs4)n3)c2C)cc1. The van der Waals surface area contributed by atoms with Crippen LogP contribution in [0.2, 0.25) is 0 Å². The highest BCUT2D eigenvalue weighted by Gasteiger charge is 2.18. The van der Waals surface area contributed by atoms with Gasteiger partial charge in [0, 0.05) is 11.5 Å². The second kappa shape index (κ2) is 6.77. The lowest BCUT2D eigenvalue weighted by Crippen LogP contribution is -2.09. The molecule has 0 bridgehead atoms. The van der Waals surface area contributed by atoms with E-state index in [4.69, 9.17) is 0 Å². The topological polar surface area (TPSA) is 85.6 Å². The Kier molecular flexibility index (Phi) is 4.31. The van der Waals surface area contributed by atoms with Crippen LogP contribution in [0, 0.1) is 13.8 Å². The van der Waals surface area contributed by atoms with Crippen molar-refractivity contribution >= 4 is 33.9 Å². The minimum Gasteiger partial charge on any atom is -0.296 e. The average Bonchev–Trinajstić information content (AvgIpc) is 3.36. The summed E-state index contributed by atoms with van der Waals surface area (Å²) in [6.07, 6.45) is 0. The molecule has 0 saturated carbocycles. The van der Waals surface area contributed by atoms with Crippen molar-refractivity contribution in [1.82, 2.24) is 24.4 Å². The molecule has 0 aliphatic carbocycles. The Labute approximate surface area is 157 Å². The lowest BCUT2D eigenvalue weighted by Gasteiger charge is -2.03. The molecule has 1 N–H and O–H groups in total. The smallest absolute Gasteiger partial charge is 0.267 e. The summed E-state index contributed by atoms with van der Waals surface area (Å²) in [5, 5.41) is 13.5. The first-order chi connectivity index (χ1) is 12.6. The molecular weight excluding hydrogens is 368 g/mol. The van der Waals surface area contributed by atoms with Gasteiger partial charge in [-0.15, -0.1) is 16.4 Å². The van der Waals surface area contributed by atoms with Gasteiger partial charge in [0.2, 0.25) is 5.13 Å². The maximum atomic E-state index is 12.1. The minimum atomic E-state index is -0.192. The van der Waals surface area contributed by atoms with E-state index >= 15 is 0 Å². The van der Waals surface area contributed by atoms with E-state index in [-0.39, 0.29) is 5.91 Å². The van der Waals surface area contributed by atoms with Gasteiger partial charge in [-0.2, -0.15) is 9.36 Å². The molecule has 7 nitrogen and oxygen atoms in total. The van der Waals surface area contributed by atoms with E-state index in [1.54, 1.807) is 10.7 Å². The average molecular weight is 382 g/mol. The van der Waals surface area contributed by atoms with Crippen molar-refractivity contribution in [1.29, 1.82) is 0 Å². The molecule has 1 amide bonds. The molecule has 0 aliphatic rings. The molecule has 4 aromatic rings. The van der Waals surface area contributed by atoms with Gasteiger partial charge < -0.3 is 0 Å². The van der Waals surface area contributed by atoms with Gasteiger partial charge in [-0.3, -0.25) is 10.1 Å².